The van der Waals surface area contributed by atoms with E-state index >= 15 is 0 Å². The number of nitrogens with two attached hydrogens (primary N) is 1. The van der Waals surface area contributed by atoms with Crippen molar-refractivity contribution in [3.8, 4) is 0 Å². The fourth-order valence-electron chi connectivity index (χ4n) is 2.79. The number of rotatable bonds is 4. The highest BCUT2D eigenvalue weighted by Gasteiger charge is 2.44. The van der Waals surface area contributed by atoms with Crippen LogP contribution in [0.4, 0.5) is 0 Å². The van der Waals surface area contributed by atoms with Crippen molar-refractivity contribution in [1.82, 2.24) is 0 Å². The van der Waals surface area contributed by atoms with E-state index in [0.717, 1.165) is 37.2 Å². The van der Waals surface area contributed by atoms with E-state index in [0.29, 0.717) is 13.2 Å². The summed E-state index contributed by atoms with van der Waals surface area (Å²) in [6.45, 7) is 1.23. The predicted octanol–water partition coefficient (Wildman–Crippen LogP) is 0.332. The van der Waals surface area contributed by atoms with Crippen LogP contribution in [0.25, 0.3) is 0 Å². The van der Waals surface area contributed by atoms with Crippen molar-refractivity contribution >= 4 is 11.8 Å². The number of fused-ring (bicyclic) bond motifs is 7. The zero-order valence-corrected chi connectivity index (χ0v) is 12.1. The monoisotopic (exact) mass is 291 g/mol. The minimum absolute atomic E-state index is 0.00164. The summed E-state index contributed by atoms with van der Waals surface area (Å²) in [5.41, 5.74) is 5.50. The molecule has 3 heterocycles. The van der Waals surface area contributed by atoms with Gasteiger partial charge in [-0.2, -0.15) is 11.8 Å². The van der Waals surface area contributed by atoms with Crippen molar-refractivity contribution < 1.29 is 19.7 Å². The Morgan fingerprint density at radius 3 is 2.79 bits per heavy atom. The lowest BCUT2D eigenvalue weighted by atomic mass is 9.85. The summed E-state index contributed by atoms with van der Waals surface area (Å²) in [7, 11) is 0. The molecule has 112 valence electrons. The van der Waals surface area contributed by atoms with E-state index in [9.17, 15) is 10.2 Å². The van der Waals surface area contributed by atoms with Crippen LogP contribution in [0.1, 0.15) is 25.7 Å². The van der Waals surface area contributed by atoms with E-state index in [1.165, 1.54) is 0 Å². The molecule has 3 fully saturated rings. The van der Waals surface area contributed by atoms with Gasteiger partial charge in [0.25, 0.3) is 0 Å². The lowest BCUT2D eigenvalue weighted by Gasteiger charge is -2.43. The Bertz CT molecular complexity index is 267. The molecule has 5 nitrogen and oxygen atoms in total. The average molecular weight is 291 g/mol. The first-order valence-electron chi connectivity index (χ1n) is 7.15. The predicted molar refractivity (Wildman–Crippen MR) is 75.0 cm³/mol. The van der Waals surface area contributed by atoms with Crippen LogP contribution in [0.3, 0.4) is 0 Å². The highest BCUT2D eigenvalue weighted by atomic mass is 32.2. The van der Waals surface area contributed by atoms with Gasteiger partial charge in [0.05, 0.1) is 12.2 Å². The van der Waals surface area contributed by atoms with Gasteiger partial charge in [0.2, 0.25) is 0 Å². The molecule has 3 unspecified atom stereocenters. The van der Waals surface area contributed by atoms with Crippen LogP contribution in [0, 0.1) is 5.92 Å². The maximum Gasteiger partial charge on any atom is 0.186 e. The standard InChI is InChI=1S/C13H25NO4S/c14-5-7-19-8-10-9-4-2-1-3-6-17-13(18-10)12(16)11(9)15/h9-13,15-16H,1-8,14H2/t9?,10?,11-,12?,13+/m1/s1. The summed E-state index contributed by atoms with van der Waals surface area (Å²) in [5.74, 6) is 1.68. The Labute approximate surface area is 118 Å². The van der Waals surface area contributed by atoms with E-state index in [1.54, 1.807) is 11.8 Å². The van der Waals surface area contributed by atoms with Gasteiger partial charge in [0, 0.05) is 30.6 Å². The van der Waals surface area contributed by atoms with Crippen molar-refractivity contribution in [2.24, 2.45) is 11.7 Å². The molecule has 0 aromatic carbocycles. The summed E-state index contributed by atoms with van der Waals surface area (Å²) in [6.07, 6.45) is 1.62. The molecule has 3 saturated heterocycles. The van der Waals surface area contributed by atoms with Gasteiger partial charge in [-0.25, -0.2) is 0 Å². The number of ether oxygens (including phenoxy) is 2. The third-order valence-electron chi connectivity index (χ3n) is 3.86. The van der Waals surface area contributed by atoms with Crippen molar-refractivity contribution in [2.45, 2.75) is 50.3 Å². The SMILES string of the molecule is NCCSCC1O[C@@H]2OCCCCCC1[C@@H](O)C2O. The number of aliphatic hydroxyl groups excluding tert-OH is 2. The molecule has 6 heteroatoms. The maximum absolute atomic E-state index is 10.3. The largest absolute Gasteiger partial charge is 0.390 e. The molecule has 0 radical (unpaired) electrons. The second-order valence-electron chi connectivity index (χ2n) is 5.27. The summed E-state index contributed by atoms with van der Waals surface area (Å²) in [5, 5.41) is 20.3. The van der Waals surface area contributed by atoms with Crippen LogP contribution in [0.2, 0.25) is 0 Å². The third kappa shape index (κ3) is 4.06. The third-order valence-corrected chi connectivity index (χ3v) is 4.95. The Morgan fingerprint density at radius 2 is 2.00 bits per heavy atom. The molecular weight excluding hydrogens is 266 g/mol. The zero-order valence-electron chi connectivity index (χ0n) is 11.2. The van der Waals surface area contributed by atoms with Gasteiger partial charge in [0.15, 0.2) is 6.29 Å². The van der Waals surface area contributed by atoms with Gasteiger partial charge in [0.1, 0.15) is 6.10 Å². The van der Waals surface area contributed by atoms with Gasteiger partial charge in [-0.1, -0.05) is 12.8 Å². The highest BCUT2D eigenvalue weighted by molar-refractivity contribution is 7.99. The van der Waals surface area contributed by atoms with Crippen LogP contribution < -0.4 is 5.73 Å². The Hall–Kier alpha value is 0.150. The van der Waals surface area contributed by atoms with Crippen LogP contribution in [-0.4, -0.2) is 59.5 Å². The molecule has 0 spiro atoms. The first-order chi connectivity index (χ1) is 9.24. The zero-order chi connectivity index (χ0) is 13.7. The molecule has 0 aromatic heterocycles. The lowest BCUT2D eigenvalue weighted by molar-refractivity contribution is -0.284. The molecule has 0 aromatic rings. The van der Waals surface area contributed by atoms with Gasteiger partial charge in [-0.15, -0.1) is 0 Å². The minimum atomic E-state index is -0.932. The van der Waals surface area contributed by atoms with Crippen LogP contribution >= 0.6 is 11.8 Å². The summed E-state index contributed by atoms with van der Waals surface area (Å²) in [6, 6.07) is 0. The summed E-state index contributed by atoms with van der Waals surface area (Å²) < 4.78 is 11.4. The highest BCUT2D eigenvalue weighted by Crippen LogP contribution is 2.33. The van der Waals surface area contributed by atoms with Gasteiger partial charge >= 0.3 is 0 Å². The lowest BCUT2D eigenvalue weighted by Crippen LogP contribution is -2.56. The van der Waals surface area contributed by atoms with E-state index in [4.69, 9.17) is 15.2 Å². The van der Waals surface area contributed by atoms with Crippen molar-refractivity contribution in [3.63, 3.8) is 0 Å². The number of hydrogen-bond donors (Lipinski definition) is 3. The molecule has 0 amide bonds. The molecule has 3 aliphatic heterocycles. The smallest absolute Gasteiger partial charge is 0.186 e. The van der Waals surface area contributed by atoms with E-state index in [2.05, 4.69) is 0 Å². The van der Waals surface area contributed by atoms with E-state index < -0.39 is 18.5 Å². The molecule has 2 bridgehead atoms. The van der Waals surface area contributed by atoms with E-state index in [1.807, 2.05) is 0 Å². The Morgan fingerprint density at radius 1 is 1.16 bits per heavy atom. The normalized spacial score (nSPS) is 40.3. The van der Waals surface area contributed by atoms with E-state index in [-0.39, 0.29) is 12.0 Å². The first kappa shape index (κ1) is 15.5. The van der Waals surface area contributed by atoms with Crippen molar-refractivity contribution in [3.05, 3.63) is 0 Å². The number of hydrogen-bond acceptors (Lipinski definition) is 6. The fraction of sp³-hybridized carbons (Fsp3) is 1.00. The van der Waals surface area contributed by atoms with Crippen LogP contribution in [0.5, 0.6) is 0 Å². The summed E-state index contributed by atoms with van der Waals surface area (Å²) >= 11 is 1.73. The molecule has 4 N–H and O–H groups in total. The molecule has 3 aliphatic rings. The molecule has 0 saturated carbocycles. The minimum Gasteiger partial charge on any atom is -0.390 e. The van der Waals surface area contributed by atoms with Crippen LogP contribution in [0.15, 0.2) is 0 Å². The molecule has 19 heavy (non-hydrogen) atoms. The molecule has 0 aliphatic carbocycles. The van der Waals surface area contributed by atoms with Gasteiger partial charge in [-0.3, -0.25) is 0 Å². The topological polar surface area (TPSA) is 84.9 Å². The molecule has 5 atom stereocenters. The van der Waals surface area contributed by atoms with Crippen molar-refractivity contribution in [2.75, 3.05) is 24.7 Å². The fourth-order valence-corrected chi connectivity index (χ4v) is 3.68. The van der Waals surface area contributed by atoms with Crippen LogP contribution in [-0.2, 0) is 9.47 Å². The number of thioether (sulfide) groups is 1. The summed E-state index contributed by atoms with van der Waals surface area (Å²) in [4.78, 5) is 0. The Kier molecular flexibility index (Phi) is 6.38. The first-order valence-corrected chi connectivity index (χ1v) is 8.30. The maximum atomic E-state index is 10.3. The molecule has 3 rings (SSSR count). The molecular formula is C13H25NO4S. The van der Waals surface area contributed by atoms with Crippen molar-refractivity contribution in [1.29, 1.82) is 0 Å². The average Bonchev–Trinajstić information content (AvgIpc) is 2.42. The Balaban J connectivity index is 2.01. The second-order valence-corrected chi connectivity index (χ2v) is 6.42. The van der Waals surface area contributed by atoms with Gasteiger partial charge < -0.3 is 25.4 Å². The second kappa shape index (κ2) is 7.81. The van der Waals surface area contributed by atoms with Gasteiger partial charge in [-0.05, 0) is 12.8 Å². The quantitative estimate of drug-likeness (QED) is 0.647. The number of aliphatic hydroxyl groups is 2.